The fourth-order valence-corrected chi connectivity index (χ4v) is 0. The van der Waals surface area contributed by atoms with Crippen molar-refractivity contribution in [3.05, 3.63) is 0 Å². The molecule has 0 spiro atoms. The van der Waals surface area contributed by atoms with E-state index in [2.05, 4.69) is 0 Å². The number of hydrogen-bond acceptors (Lipinski definition) is 3. The van der Waals surface area contributed by atoms with Crippen molar-refractivity contribution in [2.75, 3.05) is 0 Å². The Bertz CT molecular complexity index is 27.9. The molecule has 0 unspecified atom stereocenters. The predicted octanol–water partition coefficient (Wildman–Crippen LogP) is -1.06. The summed E-state index contributed by atoms with van der Waals surface area (Å²) in [5, 5.41) is 0. The van der Waals surface area contributed by atoms with Crippen LogP contribution in [0.5, 0.6) is 0 Å². The van der Waals surface area contributed by atoms with Crippen LogP contribution in [-0.4, -0.2) is 28.5 Å². The summed E-state index contributed by atoms with van der Waals surface area (Å²) < 4.78 is 17.2. The quantitative estimate of drug-likeness (QED) is 0.536. The molecule has 0 aromatic rings. The maximum absolute atomic E-state index is 8.58. The minimum atomic E-state index is -2.51. The van der Waals surface area contributed by atoms with Crippen LogP contribution >= 0.6 is 0 Å². The van der Waals surface area contributed by atoms with Crippen molar-refractivity contribution < 1.29 is 43.9 Å². The first-order chi connectivity index (χ1) is 1.41. The summed E-state index contributed by atoms with van der Waals surface area (Å²) >= 11 is -2.51. The van der Waals surface area contributed by atoms with Gasteiger partial charge in [0.05, 0.1) is 0 Å². The second-order valence-electron chi connectivity index (χ2n) is 0.0833. The molecule has 0 fully saturated rings. The van der Waals surface area contributed by atoms with E-state index in [0.29, 0.717) is 0 Å². The molecule has 0 atom stereocenters. The molecule has 5 heavy (non-hydrogen) atoms. The molecular weight excluding hydrogens is 304 g/mol. The van der Waals surface area contributed by atoms with E-state index in [1.807, 2.05) is 0 Å². The molecule has 5 heteroatoms. The van der Waals surface area contributed by atoms with Crippen LogP contribution in [0.2, 0.25) is 0 Å². The first-order valence-electron chi connectivity index (χ1n) is 0.408. The zero-order valence-electron chi connectivity index (χ0n) is 2.76. The molecule has 0 saturated heterocycles. The fourth-order valence-electron chi connectivity index (χ4n) is 0. The second-order valence-corrected chi connectivity index (χ2v) is 0.768. The van der Waals surface area contributed by atoms with E-state index in [4.69, 9.17) is 2.32 Å². The van der Waals surface area contributed by atoms with Gasteiger partial charge in [0.2, 0.25) is 0 Å². The van der Waals surface area contributed by atoms with Gasteiger partial charge >= 0.3 is 61.5 Å². The average molecular weight is 306 g/mol. The SMILES string of the molecule is [MgH+].[OH-].[O]=[Th]=[O]. The monoisotopic (exact) mass is 306 g/mol. The second kappa shape index (κ2) is 17.4. The Balaban J connectivity index is -0.0000000200. The molecule has 26 valence electrons. The molecule has 0 bridgehead atoms. The van der Waals surface area contributed by atoms with E-state index in [-0.39, 0.29) is 28.5 Å². The Morgan fingerprint density at radius 1 is 1.20 bits per heavy atom. The van der Waals surface area contributed by atoms with Crippen LogP contribution in [0.15, 0.2) is 0 Å². The van der Waals surface area contributed by atoms with Crippen molar-refractivity contribution in [2.24, 2.45) is 0 Å². The average Bonchev–Trinajstić information content (AvgIpc) is 0.918. The number of hydrogen-bond donors (Lipinski definition) is 0. The maximum atomic E-state index is 8.58. The van der Waals surface area contributed by atoms with Gasteiger partial charge in [-0.1, -0.05) is 0 Å². The van der Waals surface area contributed by atoms with Gasteiger partial charge in [0.1, 0.15) is 0 Å². The third-order valence-corrected chi connectivity index (χ3v) is 0. The van der Waals surface area contributed by atoms with Crippen molar-refractivity contribution in [1.29, 1.82) is 0 Å². The van der Waals surface area contributed by atoms with Crippen molar-refractivity contribution in [1.82, 2.24) is 0 Å². The van der Waals surface area contributed by atoms with Crippen molar-refractivity contribution in [3.8, 4) is 0 Å². The molecule has 0 saturated carbocycles. The van der Waals surface area contributed by atoms with Crippen LogP contribution in [0.4, 0.5) is 0 Å². The Hall–Kier alpha value is 1.65. The molecular formula is H2MgO3Th. The molecule has 0 rings (SSSR count). The molecule has 0 aromatic heterocycles. The summed E-state index contributed by atoms with van der Waals surface area (Å²) in [6.45, 7) is 0. The first-order valence-corrected chi connectivity index (χ1v) is 3.76. The molecule has 0 aromatic carbocycles. The third-order valence-electron chi connectivity index (χ3n) is 0. The summed E-state index contributed by atoms with van der Waals surface area (Å²) in [7, 11) is 0. The van der Waals surface area contributed by atoms with E-state index >= 15 is 0 Å². The van der Waals surface area contributed by atoms with Gasteiger partial charge in [0.15, 0.2) is 0 Å². The topological polar surface area (TPSA) is 64.1 Å². The van der Waals surface area contributed by atoms with Crippen LogP contribution in [0.1, 0.15) is 0 Å². The van der Waals surface area contributed by atoms with E-state index in [9.17, 15) is 0 Å². The van der Waals surface area contributed by atoms with Gasteiger partial charge < -0.3 is 5.48 Å². The summed E-state index contributed by atoms with van der Waals surface area (Å²) in [6, 6.07) is 0. The van der Waals surface area contributed by atoms with E-state index in [0.717, 1.165) is 0 Å². The van der Waals surface area contributed by atoms with Crippen molar-refractivity contribution >= 4 is 23.1 Å². The summed E-state index contributed by atoms with van der Waals surface area (Å²) in [4.78, 5) is 0. The van der Waals surface area contributed by atoms with E-state index < -0.39 is 36.1 Å². The third kappa shape index (κ3) is 27.6. The zero-order chi connectivity index (χ0) is 2.71. The molecule has 0 aliphatic heterocycles. The summed E-state index contributed by atoms with van der Waals surface area (Å²) in [6.07, 6.45) is 0. The van der Waals surface area contributed by atoms with Crippen molar-refractivity contribution in [3.63, 3.8) is 0 Å². The normalized spacial score (nSPS) is 1.60. The summed E-state index contributed by atoms with van der Waals surface area (Å²) in [5.74, 6) is 0. The van der Waals surface area contributed by atoms with E-state index in [1.165, 1.54) is 0 Å². The van der Waals surface area contributed by atoms with Gasteiger partial charge in [-0.15, -0.1) is 0 Å². The zero-order valence-corrected chi connectivity index (χ0v) is 8.87. The molecule has 0 heterocycles. The van der Waals surface area contributed by atoms with E-state index in [1.54, 1.807) is 0 Å². The molecule has 3 nitrogen and oxygen atoms in total. The molecule has 1 N–H and O–H groups in total. The van der Waals surface area contributed by atoms with Gasteiger partial charge in [0, 0.05) is 0 Å². The van der Waals surface area contributed by atoms with Gasteiger partial charge in [-0.3, -0.25) is 0 Å². The van der Waals surface area contributed by atoms with Gasteiger partial charge in [0.25, 0.3) is 0 Å². The van der Waals surface area contributed by atoms with Gasteiger partial charge in [-0.05, 0) is 0 Å². The Kier molecular flexibility index (Phi) is 55.4. The Morgan fingerprint density at radius 3 is 1.20 bits per heavy atom. The van der Waals surface area contributed by atoms with Crippen LogP contribution in [0, 0.1) is 36.1 Å². The van der Waals surface area contributed by atoms with Crippen LogP contribution in [0.3, 0.4) is 0 Å². The van der Waals surface area contributed by atoms with Crippen molar-refractivity contribution in [2.45, 2.75) is 0 Å². The van der Waals surface area contributed by atoms with Crippen LogP contribution in [-0.2, 0) is 2.32 Å². The molecule has 0 radical (unpaired) electrons. The fraction of sp³-hybridized carbons (Fsp3) is 0. The number of rotatable bonds is 0. The Labute approximate surface area is 65.8 Å². The van der Waals surface area contributed by atoms with Crippen LogP contribution < -0.4 is 0 Å². The standard InChI is InChI=1S/Mg.H2O.2O.Th.H/h;1H2;;;;/q+1;;;;;/p-1. The van der Waals surface area contributed by atoms with Gasteiger partial charge in [-0.2, -0.15) is 0 Å². The molecule has 0 aliphatic rings. The minimum absolute atomic E-state index is 0. The first kappa shape index (κ1) is 15.9. The molecule has 0 amide bonds. The molecule has 0 aliphatic carbocycles. The predicted molar refractivity (Wildman–Crippen MR) is 10.5 cm³/mol. The van der Waals surface area contributed by atoms with Gasteiger partial charge in [-0.25, -0.2) is 0 Å². The van der Waals surface area contributed by atoms with Crippen LogP contribution in [0.25, 0.3) is 0 Å². The summed E-state index contributed by atoms with van der Waals surface area (Å²) in [5.41, 5.74) is 0. The Morgan fingerprint density at radius 2 is 1.20 bits per heavy atom.